The second kappa shape index (κ2) is 5.63. The Labute approximate surface area is 137 Å². The van der Waals surface area contributed by atoms with Gasteiger partial charge in [0, 0.05) is 10.9 Å². The first-order valence-corrected chi connectivity index (χ1v) is 7.93. The standard InChI is InChI=1S/C18H16N2O4/c1-10-6-7-14-12(8-10)17(24-20-14)19-16(21)13-9-11-4-2-3-5-15(11)23-18(13)22/h2-5,9-10H,6-8H2,1H3,(H,19,21). The van der Waals surface area contributed by atoms with Crippen LogP contribution in [0.25, 0.3) is 11.0 Å². The fourth-order valence-electron chi connectivity index (χ4n) is 3.07. The van der Waals surface area contributed by atoms with Gasteiger partial charge in [-0.2, -0.15) is 0 Å². The number of nitrogens with zero attached hydrogens (tertiary/aromatic N) is 1. The van der Waals surface area contributed by atoms with E-state index in [0.29, 0.717) is 22.8 Å². The minimum Gasteiger partial charge on any atom is -0.422 e. The van der Waals surface area contributed by atoms with Crippen LogP contribution in [-0.2, 0) is 12.8 Å². The van der Waals surface area contributed by atoms with Crippen molar-refractivity contribution in [3.63, 3.8) is 0 Å². The fourth-order valence-corrected chi connectivity index (χ4v) is 3.07. The van der Waals surface area contributed by atoms with Crippen LogP contribution in [0.3, 0.4) is 0 Å². The summed E-state index contributed by atoms with van der Waals surface area (Å²) in [5, 5.41) is 7.37. The Bertz CT molecular complexity index is 986. The molecule has 2 aromatic heterocycles. The fraction of sp³-hybridized carbons (Fsp3) is 0.278. The van der Waals surface area contributed by atoms with Crippen molar-refractivity contribution >= 4 is 22.8 Å². The molecule has 1 aliphatic rings. The third kappa shape index (κ3) is 2.50. The van der Waals surface area contributed by atoms with Crippen LogP contribution in [0, 0.1) is 5.92 Å². The summed E-state index contributed by atoms with van der Waals surface area (Å²) in [4.78, 5) is 24.6. The van der Waals surface area contributed by atoms with Gasteiger partial charge in [-0.3, -0.25) is 10.1 Å². The van der Waals surface area contributed by atoms with E-state index < -0.39 is 11.5 Å². The molecule has 24 heavy (non-hydrogen) atoms. The molecule has 6 heteroatoms. The van der Waals surface area contributed by atoms with Gasteiger partial charge < -0.3 is 8.94 Å². The average Bonchev–Trinajstić information content (AvgIpc) is 2.96. The number of benzene rings is 1. The molecule has 0 saturated carbocycles. The Balaban J connectivity index is 1.67. The first-order valence-electron chi connectivity index (χ1n) is 7.93. The minimum atomic E-state index is -0.673. The molecule has 1 aliphatic carbocycles. The van der Waals surface area contributed by atoms with Crippen LogP contribution in [0.15, 0.2) is 44.1 Å². The number of amides is 1. The molecule has 0 radical (unpaired) electrons. The molecule has 0 fully saturated rings. The molecule has 1 amide bonds. The number of carbonyl (C=O) groups excluding carboxylic acids is 1. The molecule has 2 heterocycles. The highest BCUT2D eigenvalue weighted by Gasteiger charge is 2.25. The summed E-state index contributed by atoms with van der Waals surface area (Å²) in [7, 11) is 0. The molecular formula is C18H16N2O4. The van der Waals surface area contributed by atoms with Crippen molar-refractivity contribution in [1.29, 1.82) is 0 Å². The Hall–Kier alpha value is -2.89. The van der Waals surface area contributed by atoms with Crippen LogP contribution in [0.1, 0.15) is 35.0 Å². The van der Waals surface area contributed by atoms with E-state index in [4.69, 9.17) is 8.94 Å². The van der Waals surface area contributed by atoms with Gasteiger partial charge in [0.15, 0.2) is 0 Å². The molecule has 0 saturated heterocycles. The summed E-state index contributed by atoms with van der Waals surface area (Å²) >= 11 is 0. The molecule has 0 aliphatic heterocycles. The Morgan fingerprint density at radius 3 is 3.04 bits per heavy atom. The highest BCUT2D eigenvalue weighted by Crippen LogP contribution is 2.30. The molecule has 4 rings (SSSR count). The number of nitrogens with one attached hydrogen (secondary N) is 1. The lowest BCUT2D eigenvalue weighted by molar-refractivity contribution is 0.102. The Morgan fingerprint density at radius 1 is 1.33 bits per heavy atom. The highest BCUT2D eigenvalue weighted by atomic mass is 16.5. The third-order valence-electron chi connectivity index (χ3n) is 4.41. The van der Waals surface area contributed by atoms with Crippen LogP contribution < -0.4 is 10.9 Å². The summed E-state index contributed by atoms with van der Waals surface area (Å²) in [6.45, 7) is 2.15. The van der Waals surface area contributed by atoms with Crippen molar-refractivity contribution in [3.8, 4) is 0 Å². The monoisotopic (exact) mass is 324 g/mol. The van der Waals surface area contributed by atoms with Crippen LogP contribution in [0.4, 0.5) is 5.88 Å². The number of aromatic nitrogens is 1. The molecule has 0 bridgehead atoms. The molecule has 0 spiro atoms. The predicted molar refractivity (Wildman–Crippen MR) is 88.1 cm³/mol. The first kappa shape index (κ1) is 14.7. The molecule has 3 aromatic rings. The van der Waals surface area contributed by atoms with Gasteiger partial charge in [-0.1, -0.05) is 30.3 Å². The third-order valence-corrected chi connectivity index (χ3v) is 4.41. The van der Waals surface area contributed by atoms with Gasteiger partial charge in [0.2, 0.25) is 5.88 Å². The number of aryl methyl sites for hydroxylation is 1. The summed E-state index contributed by atoms with van der Waals surface area (Å²) in [6, 6.07) is 8.59. The zero-order valence-electron chi connectivity index (χ0n) is 13.2. The van der Waals surface area contributed by atoms with E-state index >= 15 is 0 Å². The van der Waals surface area contributed by atoms with Crippen LogP contribution in [-0.4, -0.2) is 11.1 Å². The number of hydrogen-bond donors (Lipinski definition) is 1. The molecule has 1 atom stereocenters. The van der Waals surface area contributed by atoms with E-state index in [9.17, 15) is 9.59 Å². The maximum absolute atomic E-state index is 12.5. The SMILES string of the molecule is CC1CCc2noc(NC(=O)c3cc4ccccc4oc3=O)c2C1. The van der Waals surface area contributed by atoms with Gasteiger partial charge in [0.05, 0.1) is 5.69 Å². The minimum absolute atomic E-state index is 0.0530. The van der Waals surface area contributed by atoms with Crippen molar-refractivity contribution in [2.24, 2.45) is 5.92 Å². The van der Waals surface area contributed by atoms with E-state index in [1.165, 1.54) is 6.07 Å². The topological polar surface area (TPSA) is 85.3 Å². The van der Waals surface area contributed by atoms with Crippen LogP contribution in [0.5, 0.6) is 0 Å². The highest BCUT2D eigenvalue weighted by molar-refractivity contribution is 6.05. The smallest absolute Gasteiger partial charge is 0.349 e. The maximum atomic E-state index is 12.5. The summed E-state index contributed by atoms with van der Waals surface area (Å²) in [6.07, 6.45) is 2.70. The van der Waals surface area contributed by atoms with Crippen molar-refractivity contribution in [2.45, 2.75) is 26.2 Å². The first-order chi connectivity index (χ1) is 11.6. The van der Waals surface area contributed by atoms with Crippen molar-refractivity contribution in [3.05, 3.63) is 57.6 Å². The number of carbonyl (C=O) groups is 1. The van der Waals surface area contributed by atoms with Gasteiger partial charge in [-0.15, -0.1) is 0 Å². The largest absolute Gasteiger partial charge is 0.422 e. The van der Waals surface area contributed by atoms with Gasteiger partial charge in [-0.05, 0) is 37.3 Å². The summed E-state index contributed by atoms with van der Waals surface area (Å²) < 4.78 is 10.5. The van der Waals surface area contributed by atoms with Gasteiger partial charge in [0.1, 0.15) is 11.1 Å². The van der Waals surface area contributed by atoms with Gasteiger partial charge in [0.25, 0.3) is 5.91 Å². The number of rotatable bonds is 2. The molecule has 1 N–H and O–H groups in total. The zero-order valence-corrected chi connectivity index (χ0v) is 13.2. The summed E-state index contributed by atoms with van der Waals surface area (Å²) in [5.74, 6) is 0.291. The van der Waals surface area contributed by atoms with Crippen LogP contribution >= 0.6 is 0 Å². The van der Waals surface area contributed by atoms with Crippen molar-refractivity contribution < 1.29 is 13.7 Å². The molecular weight excluding hydrogens is 308 g/mol. The van der Waals surface area contributed by atoms with Gasteiger partial charge in [-0.25, -0.2) is 4.79 Å². The molecule has 122 valence electrons. The number of fused-ring (bicyclic) bond motifs is 2. The van der Waals surface area contributed by atoms with Gasteiger partial charge >= 0.3 is 5.63 Å². The molecule has 1 unspecified atom stereocenters. The van der Waals surface area contributed by atoms with Crippen molar-refractivity contribution in [1.82, 2.24) is 5.16 Å². The molecule has 6 nitrogen and oxygen atoms in total. The van der Waals surface area contributed by atoms with Crippen molar-refractivity contribution in [2.75, 3.05) is 5.32 Å². The second-order valence-corrected chi connectivity index (χ2v) is 6.22. The summed E-state index contributed by atoms with van der Waals surface area (Å²) in [5.41, 5.74) is 1.53. The lowest BCUT2D eigenvalue weighted by atomic mass is 9.89. The number of hydrogen-bond acceptors (Lipinski definition) is 5. The average molecular weight is 324 g/mol. The zero-order chi connectivity index (χ0) is 16.7. The number of anilines is 1. The van der Waals surface area contributed by atoms with E-state index in [-0.39, 0.29) is 5.56 Å². The normalized spacial score (nSPS) is 16.8. The van der Waals surface area contributed by atoms with Crippen LogP contribution in [0.2, 0.25) is 0 Å². The lowest BCUT2D eigenvalue weighted by Crippen LogP contribution is -2.21. The molecule has 1 aromatic carbocycles. The second-order valence-electron chi connectivity index (χ2n) is 6.22. The van der Waals surface area contributed by atoms with E-state index in [1.807, 2.05) is 6.07 Å². The quantitative estimate of drug-likeness (QED) is 0.732. The van der Waals surface area contributed by atoms with E-state index in [2.05, 4.69) is 17.4 Å². The number of para-hydroxylation sites is 1. The van der Waals surface area contributed by atoms with E-state index in [0.717, 1.165) is 30.5 Å². The maximum Gasteiger partial charge on any atom is 0.349 e. The Morgan fingerprint density at radius 2 is 2.17 bits per heavy atom. The lowest BCUT2D eigenvalue weighted by Gasteiger charge is -2.16. The Kier molecular flexibility index (Phi) is 3.45. The van der Waals surface area contributed by atoms with E-state index in [1.54, 1.807) is 18.2 Å². The predicted octanol–water partition coefficient (Wildman–Crippen LogP) is 3.16.